The summed E-state index contributed by atoms with van der Waals surface area (Å²) in [5.41, 5.74) is 0. The van der Waals surface area contributed by atoms with E-state index in [2.05, 4.69) is 10.6 Å². The summed E-state index contributed by atoms with van der Waals surface area (Å²) >= 11 is 0. The largest absolute Gasteiger partial charge is 0.377 e. The molecule has 1 aliphatic rings. The molecule has 0 spiro atoms. The Kier molecular flexibility index (Phi) is 6.42. The molecule has 1 aliphatic carbocycles. The van der Waals surface area contributed by atoms with E-state index in [0.717, 1.165) is 26.0 Å². The first-order valence-electron chi connectivity index (χ1n) is 6.34. The molecule has 0 aromatic heterocycles. The van der Waals surface area contributed by atoms with E-state index in [1.807, 2.05) is 13.8 Å². The van der Waals surface area contributed by atoms with Crippen LogP contribution in [0.3, 0.4) is 0 Å². The fraction of sp³-hybridized carbons (Fsp3) is 0.917. The lowest BCUT2D eigenvalue weighted by atomic mass is 10.2. The molecule has 1 amide bonds. The summed E-state index contributed by atoms with van der Waals surface area (Å²) in [5.74, 6) is 0.107. The number of rotatable bonds is 7. The Morgan fingerprint density at radius 3 is 2.75 bits per heavy atom. The van der Waals surface area contributed by atoms with Crippen LogP contribution in [0.2, 0.25) is 0 Å². The third-order valence-electron chi connectivity index (χ3n) is 2.89. The minimum atomic E-state index is 0.107. The van der Waals surface area contributed by atoms with Crippen LogP contribution in [0, 0.1) is 0 Å². The molecule has 0 aromatic rings. The number of carbonyl (C=O) groups excluding carboxylic acids is 1. The molecule has 2 N–H and O–H groups in total. The molecule has 1 fully saturated rings. The zero-order chi connectivity index (χ0) is 11.8. The van der Waals surface area contributed by atoms with Crippen molar-refractivity contribution in [3.8, 4) is 0 Å². The predicted octanol–water partition coefficient (Wildman–Crippen LogP) is 1.06. The SMILES string of the molecule is CCOC(C)CNCC(=O)NC1CCCC1. The minimum absolute atomic E-state index is 0.107. The Balaban J connectivity index is 2.01. The van der Waals surface area contributed by atoms with Crippen LogP contribution in [0.5, 0.6) is 0 Å². The van der Waals surface area contributed by atoms with Crippen LogP contribution in [0.15, 0.2) is 0 Å². The van der Waals surface area contributed by atoms with Gasteiger partial charge in [-0.05, 0) is 26.7 Å². The van der Waals surface area contributed by atoms with Gasteiger partial charge in [0.2, 0.25) is 5.91 Å². The van der Waals surface area contributed by atoms with Gasteiger partial charge in [0.25, 0.3) is 0 Å². The monoisotopic (exact) mass is 228 g/mol. The number of nitrogens with one attached hydrogen (secondary N) is 2. The van der Waals surface area contributed by atoms with Crippen LogP contribution in [0.25, 0.3) is 0 Å². The average Bonchev–Trinajstić information content (AvgIpc) is 2.70. The summed E-state index contributed by atoms with van der Waals surface area (Å²) in [6, 6.07) is 0.415. The topological polar surface area (TPSA) is 50.4 Å². The molecule has 4 nitrogen and oxygen atoms in total. The molecule has 4 heteroatoms. The van der Waals surface area contributed by atoms with Crippen LogP contribution in [-0.2, 0) is 9.53 Å². The first-order valence-corrected chi connectivity index (χ1v) is 6.34. The number of hydrogen-bond donors (Lipinski definition) is 2. The van der Waals surface area contributed by atoms with E-state index in [9.17, 15) is 4.79 Å². The lowest BCUT2D eigenvalue weighted by molar-refractivity contribution is -0.121. The summed E-state index contributed by atoms with van der Waals surface area (Å²) in [6.45, 7) is 5.83. The third-order valence-corrected chi connectivity index (χ3v) is 2.89. The van der Waals surface area contributed by atoms with Crippen LogP contribution in [-0.4, -0.2) is 37.7 Å². The Morgan fingerprint density at radius 2 is 2.12 bits per heavy atom. The van der Waals surface area contributed by atoms with Gasteiger partial charge in [-0.2, -0.15) is 0 Å². The second-order valence-corrected chi connectivity index (χ2v) is 4.45. The minimum Gasteiger partial charge on any atom is -0.377 e. The highest BCUT2D eigenvalue weighted by atomic mass is 16.5. The van der Waals surface area contributed by atoms with E-state index in [0.29, 0.717) is 12.6 Å². The first-order chi connectivity index (χ1) is 7.72. The van der Waals surface area contributed by atoms with Crippen LogP contribution < -0.4 is 10.6 Å². The van der Waals surface area contributed by atoms with E-state index in [4.69, 9.17) is 4.74 Å². The van der Waals surface area contributed by atoms with E-state index < -0.39 is 0 Å². The number of ether oxygens (including phenoxy) is 1. The summed E-state index contributed by atoms with van der Waals surface area (Å²) in [5, 5.41) is 6.15. The fourth-order valence-corrected chi connectivity index (χ4v) is 2.08. The third kappa shape index (κ3) is 5.47. The van der Waals surface area contributed by atoms with Gasteiger partial charge in [0, 0.05) is 19.2 Å². The molecule has 94 valence electrons. The Morgan fingerprint density at radius 1 is 1.44 bits per heavy atom. The number of hydrogen-bond acceptors (Lipinski definition) is 3. The second-order valence-electron chi connectivity index (χ2n) is 4.45. The molecule has 0 aliphatic heterocycles. The molecule has 1 saturated carbocycles. The second kappa shape index (κ2) is 7.63. The Bertz CT molecular complexity index is 203. The molecule has 1 unspecified atom stereocenters. The molecule has 1 rings (SSSR count). The molecule has 0 heterocycles. The highest BCUT2D eigenvalue weighted by Crippen LogP contribution is 2.17. The zero-order valence-electron chi connectivity index (χ0n) is 10.4. The molecular formula is C12H24N2O2. The molecule has 0 bridgehead atoms. The quantitative estimate of drug-likeness (QED) is 0.685. The van der Waals surface area contributed by atoms with Crippen molar-refractivity contribution in [1.82, 2.24) is 10.6 Å². The Labute approximate surface area is 98.1 Å². The van der Waals surface area contributed by atoms with Gasteiger partial charge in [0.05, 0.1) is 12.6 Å². The molecular weight excluding hydrogens is 204 g/mol. The van der Waals surface area contributed by atoms with Gasteiger partial charge in [-0.1, -0.05) is 12.8 Å². The van der Waals surface area contributed by atoms with Crippen molar-refractivity contribution >= 4 is 5.91 Å². The van der Waals surface area contributed by atoms with Crippen molar-refractivity contribution in [1.29, 1.82) is 0 Å². The average molecular weight is 228 g/mol. The van der Waals surface area contributed by atoms with E-state index in [-0.39, 0.29) is 12.0 Å². The van der Waals surface area contributed by atoms with Gasteiger partial charge in [-0.3, -0.25) is 4.79 Å². The maximum atomic E-state index is 11.5. The van der Waals surface area contributed by atoms with Gasteiger partial charge < -0.3 is 15.4 Å². The van der Waals surface area contributed by atoms with Gasteiger partial charge in [0.1, 0.15) is 0 Å². The van der Waals surface area contributed by atoms with Crippen molar-refractivity contribution in [2.24, 2.45) is 0 Å². The normalized spacial score (nSPS) is 18.6. The van der Waals surface area contributed by atoms with E-state index in [1.54, 1.807) is 0 Å². The fourth-order valence-electron chi connectivity index (χ4n) is 2.08. The number of amides is 1. The summed E-state index contributed by atoms with van der Waals surface area (Å²) < 4.78 is 5.36. The van der Waals surface area contributed by atoms with Crippen molar-refractivity contribution in [2.75, 3.05) is 19.7 Å². The van der Waals surface area contributed by atoms with Gasteiger partial charge >= 0.3 is 0 Å². The van der Waals surface area contributed by atoms with E-state index >= 15 is 0 Å². The summed E-state index contributed by atoms with van der Waals surface area (Å²) in [6.07, 6.45) is 4.95. The van der Waals surface area contributed by atoms with Crippen molar-refractivity contribution in [2.45, 2.75) is 51.7 Å². The van der Waals surface area contributed by atoms with Gasteiger partial charge in [-0.25, -0.2) is 0 Å². The van der Waals surface area contributed by atoms with Gasteiger partial charge in [0.15, 0.2) is 0 Å². The standard InChI is InChI=1S/C12H24N2O2/c1-3-16-10(2)8-13-9-12(15)14-11-6-4-5-7-11/h10-11,13H,3-9H2,1-2H3,(H,14,15). The van der Waals surface area contributed by atoms with E-state index in [1.165, 1.54) is 12.8 Å². The smallest absolute Gasteiger partial charge is 0.234 e. The highest BCUT2D eigenvalue weighted by molar-refractivity contribution is 5.78. The van der Waals surface area contributed by atoms with Gasteiger partial charge in [-0.15, -0.1) is 0 Å². The van der Waals surface area contributed by atoms with Crippen LogP contribution in [0.4, 0.5) is 0 Å². The van der Waals surface area contributed by atoms with Crippen molar-refractivity contribution in [3.63, 3.8) is 0 Å². The predicted molar refractivity (Wildman–Crippen MR) is 64.4 cm³/mol. The summed E-state index contributed by atoms with van der Waals surface area (Å²) in [4.78, 5) is 11.5. The molecule has 0 radical (unpaired) electrons. The van der Waals surface area contributed by atoms with Crippen LogP contribution in [0.1, 0.15) is 39.5 Å². The lowest BCUT2D eigenvalue weighted by Gasteiger charge is -2.14. The molecule has 0 aromatic carbocycles. The number of carbonyl (C=O) groups is 1. The van der Waals surface area contributed by atoms with Crippen LogP contribution >= 0.6 is 0 Å². The highest BCUT2D eigenvalue weighted by Gasteiger charge is 2.16. The summed E-state index contributed by atoms with van der Waals surface area (Å²) in [7, 11) is 0. The zero-order valence-corrected chi connectivity index (χ0v) is 10.4. The maximum Gasteiger partial charge on any atom is 0.234 e. The molecule has 1 atom stereocenters. The first kappa shape index (κ1) is 13.5. The lowest BCUT2D eigenvalue weighted by Crippen LogP contribution is -2.41. The Hall–Kier alpha value is -0.610. The maximum absolute atomic E-state index is 11.5. The van der Waals surface area contributed by atoms with Crippen molar-refractivity contribution < 1.29 is 9.53 Å². The molecule has 16 heavy (non-hydrogen) atoms. The van der Waals surface area contributed by atoms with Crippen molar-refractivity contribution in [3.05, 3.63) is 0 Å². The molecule has 0 saturated heterocycles.